The van der Waals surface area contributed by atoms with Gasteiger partial charge >= 0.3 is 11.7 Å². The van der Waals surface area contributed by atoms with Crippen molar-refractivity contribution in [1.29, 1.82) is 0 Å². The summed E-state index contributed by atoms with van der Waals surface area (Å²) in [4.78, 5) is 23.6. The summed E-state index contributed by atoms with van der Waals surface area (Å²) in [5, 5.41) is 14.0. The van der Waals surface area contributed by atoms with Crippen LogP contribution in [0.25, 0.3) is 16.6 Å². The number of aryl methyl sites for hydroxylation is 1. The van der Waals surface area contributed by atoms with Gasteiger partial charge in [-0.1, -0.05) is 15.9 Å². The Morgan fingerprint density at radius 3 is 2.80 bits per heavy atom. The van der Waals surface area contributed by atoms with E-state index in [2.05, 4.69) is 21.0 Å². The van der Waals surface area contributed by atoms with Gasteiger partial charge in [0.25, 0.3) is 0 Å². The molecule has 3 aromatic rings. The summed E-state index contributed by atoms with van der Waals surface area (Å²) in [7, 11) is 0. The van der Waals surface area contributed by atoms with E-state index in [0.717, 1.165) is 4.47 Å². The van der Waals surface area contributed by atoms with E-state index in [0.29, 0.717) is 23.1 Å². The molecule has 7 heteroatoms. The molecule has 2 heterocycles. The fraction of sp³-hybridized carbons (Fsp3) is 0.154. The van der Waals surface area contributed by atoms with E-state index in [-0.39, 0.29) is 11.3 Å². The average Bonchev–Trinajstić information content (AvgIpc) is 2.74. The number of hydrogen-bond donors (Lipinski definition) is 1. The molecule has 1 N–H and O–H groups in total. The maximum Gasteiger partial charge on any atom is 0.350 e. The molecule has 0 atom stereocenters. The monoisotopic (exact) mass is 335 g/mol. The van der Waals surface area contributed by atoms with Gasteiger partial charge in [0.2, 0.25) is 0 Å². The molecular formula is C13H10BrN3O3. The van der Waals surface area contributed by atoms with E-state index in [1.54, 1.807) is 18.2 Å². The first kappa shape index (κ1) is 12.9. The van der Waals surface area contributed by atoms with E-state index in [9.17, 15) is 14.7 Å². The summed E-state index contributed by atoms with van der Waals surface area (Å²) in [5.41, 5.74) is 0.727. The largest absolute Gasteiger partial charge is 0.478 e. The number of halogens is 1. The van der Waals surface area contributed by atoms with Crippen LogP contribution in [0.15, 0.2) is 33.5 Å². The van der Waals surface area contributed by atoms with Crippen molar-refractivity contribution < 1.29 is 9.90 Å². The van der Waals surface area contributed by atoms with Gasteiger partial charge in [-0.25, -0.2) is 18.7 Å². The zero-order valence-electron chi connectivity index (χ0n) is 10.5. The van der Waals surface area contributed by atoms with Crippen molar-refractivity contribution in [3.8, 4) is 0 Å². The van der Waals surface area contributed by atoms with Crippen molar-refractivity contribution >= 4 is 38.4 Å². The van der Waals surface area contributed by atoms with Crippen molar-refractivity contribution in [2.75, 3.05) is 0 Å². The number of carbonyl (C=O) groups is 1. The molecule has 20 heavy (non-hydrogen) atoms. The van der Waals surface area contributed by atoms with Crippen LogP contribution < -0.4 is 5.69 Å². The number of benzene rings is 1. The van der Waals surface area contributed by atoms with Crippen LogP contribution in [0, 0.1) is 0 Å². The van der Waals surface area contributed by atoms with E-state index in [1.165, 1.54) is 15.1 Å². The lowest BCUT2D eigenvalue weighted by atomic mass is 10.1. The third-order valence-electron chi connectivity index (χ3n) is 3.16. The normalized spacial score (nSPS) is 11.3. The van der Waals surface area contributed by atoms with Crippen LogP contribution in [0.4, 0.5) is 0 Å². The second-order valence-corrected chi connectivity index (χ2v) is 5.23. The number of aromatic carboxylic acids is 1. The Balaban J connectivity index is 2.60. The molecule has 0 amide bonds. The molecule has 0 fully saturated rings. The fourth-order valence-electron chi connectivity index (χ4n) is 2.25. The van der Waals surface area contributed by atoms with Crippen LogP contribution in [0.2, 0.25) is 0 Å². The van der Waals surface area contributed by atoms with E-state index in [4.69, 9.17) is 0 Å². The third kappa shape index (κ3) is 1.74. The van der Waals surface area contributed by atoms with Crippen molar-refractivity contribution in [3.63, 3.8) is 0 Å². The topological polar surface area (TPSA) is 76.6 Å². The molecule has 0 saturated carbocycles. The van der Waals surface area contributed by atoms with Gasteiger partial charge in [-0.15, -0.1) is 5.10 Å². The zero-order valence-corrected chi connectivity index (χ0v) is 12.1. The number of hydrogen-bond acceptors (Lipinski definition) is 3. The molecule has 102 valence electrons. The molecule has 0 aliphatic heterocycles. The second-order valence-electron chi connectivity index (χ2n) is 4.32. The summed E-state index contributed by atoms with van der Waals surface area (Å²) < 4.78 is 3.49. The van der Waals surface area contributed by atoms with Crippen LogP contribution in [0.1, 0.15) is 17.3 Å². The smallest absolute Gasteiger partial charge is 0.350 e. The lowest BCUT2D eigenvalue weighted by molar-refractivity contribution is 0.0699. The molecule has 0 aliphatic carbocycles. The predicted molar refractivity (Wildman–Crippen MR) is 77.3 cm³/mol. The van der Waals surface area contributed by atoms with Crippen LogP contribution in [-0.4, -0.2) is 25.3 Å². The Bertz CT molecular complexity index is 910. The van der Waals surface area contributed by atoms with Gasteiger partial charge in [0.05, 0.1) is 11.1 Å². The molecule has 3 rings (SSSR count). The molecule has 0 saturated heterocycles. The summed E-state index contributed by atoms with van der Waals surface area (Å²) in [6.45, 7) is 2.24. The minimum absolute atomic E-state index is 0.127. The standard InChI is InChI=1S/C13H10BrN3O3/c1-2-16-13(20)17-10-4-3-7(14)5-8(10)9(12(18)19)6-11(17)15-16/h3-6H,2H2,1H3,(H,18,19). The van der Waals surface area contributed by atoms with E-state index < -0.39 is 5.97 Å². The average molecular weight is 336 g/mol. The molecular weight excluding hydrogens is 326 g/mol. The SMILES string of the molecule is CCn1nc2cc(C(=O)O)c3cc(Br)ccc3n2c1=O. The van der Waals surface area contributed by atoms with Gasteiger partial charge in [0.15, 0.2) is 5.65 Å². The molecule has 6 nitrogen and oxygen atoms in total. The first-order valence-electron chi connectivity index (χ1n) is 5.98. The number of pyridine rings is 1. The second kappa shape index (κ2) is 4.45. The van der Waals surface area contributed by atoms with Crippen molar-refractivity contribution in [2.45, 2.75) is 13.5 Å². The van der Waals surface area contributed by atoms with Gasteiger partial charge in [-0.3, -0.25) is 0 Å². The fourth-order valence-corrected chi connectivity index (χ4v) is 2.61. The number of nitrogens with zero attached hydrogens (tertiary/aromatic N) is 3. The Morgan fingerprint density at radius 1 is 1.40 bits per heavy atom. The summed E-state index contributed by atoms with van der Waals surface area (Å²) in [6, 6.07) is 6.59. The summed E-state index contributed by atoms with van der Waals surface area (Å²) >= 11 is 3.32. The minimum atomic E-state index is -1.05. The quantitative estimate of drug-likeness (QED) is 0.778. The maximum absolute atomic E-state index is 12.2. The van der Waals surface area contributed by atoms with Gasteiger partial charge in [-0.2, -0.15) is 0 Å². The summed E-state index contributed by atoms with van der Waals surface area (Å²) in [5.74, 6) is -1.05. The minimum Gasteiger partial charge on any atom is -0.478 e. The molecule has 0 unspecified atom stereocenters. The molecule has 2 aromatic heterocycles. The van der Waals surface area contributed by atoms with Crippen molar-refractivity contribution in [3.05, 3.63) is 44.8 Å². The third-order valence-corrected chi connectivity index (χ3v) is 3.65. The van der Waals surface area contributed by atoms with Crippen LogP contribution in [0.3, 0.4) is 0 Å². The number of fused-ring (bicyclic) bond motifs is 3. The van der Waals surface area contributed by atoms with Crippen molar-refractivity contribution in [2.24, 2.45) is 0 Å². The molecule has 1 aromatic carbocycles. The number of rotatable bonds is 2. The van der Waals surface area contributed by atoms with Gasteiger partial charge in [0, 0.05) is 16.4 Å². The van der Waals surface area contributed by atoms with Gasteiger partial charge in [-0.05, 0) is 31.2 Å². The lowest BCUT2D eigenvalue weighted by Gasteiger charge is -2.05. The lowest BCUT2D eigenvalue weighted by Crippen LogP contribution is -2.20. The van der Waals surface area contributed by atoms with Crippen molar-refractivity contribution in [1.82, 2.24) is 14.2 Å². The van der Waals surface area contributed by atoms with Crippen LogP contribution in [0.5, 0.6) is 0 Å². The maximum atomic E-state index is 12.2. The first-order chi connectivity index (χ1) is 9.52. The Morgan fingerprint density at radius 2 is 2.15 bits per heavy atom. The molecule has 0 radical (unpaired) electrons. The Kier molecular flexibility index (Phi) is 2.86. The van der Waals surface area contributed by atoms with Crippen LogP contribution >= 0.6 is 15.9 Å². The zero-order chi connectivity index (χ0) is 14.4. The molecule has 0 bridgehead atoms. The highest BCUT2D eigenvalue weighted by Gasteiger charge is 2.16. The molecule has 0 aliphatic rings. The number of carboxylic acid groups (broad SMARTS) is 1. The molecule has 0 spiro atoms. The van der Waals surface area contributed by atoms with E-state index >= 15 is 0 Å². The number of carboxylic acids is 1. The highest BCUT2D eigenvalue weighted by molar-refractivity contribution is 9.10. The summed E-state index contributed by atoms with van der Waals surface area (Å²) in [6.07, 6.45) is 0. The Hall–Kier alpha value is -2.15. The highest BCUT2D eigenvalue weighted by atomic mass is 79.9. The first-order valence-corrected chi connectivity index (χ1v) is 6.77. The predicted octanol–water partition coefficient (Wildman–Crippen LogP) is 2.13. The van der Waals surface area contributed by atoms with E-state index in [1.807, 2.05) is 6.92 Å². The Labute approximate surface area is 121 Å². The van der Waals surface area contributed by atoms with Gasteiger partial charge < -0.3 is 5.11 Å². The highest BCUT2D eigenvalue weighted by Crippen LogP contribution is 2.24. The van der Waals surface area contributed by atoms with Gasteiger partial charge in [0.1, 0.15) is 0 Å². The van der Waals surface area contributed by atoms with Crippen LogP contribution in [-0.2, 0) is 6.54 Å². The number of aromatic nitrogens is 3.